The molecule has 0 bridgehead atoms. The number of benzene rings is 1. The number of ether oxygens (including phenoxy) is 2. The summed E-state index contributed by atoms with van der Waals surface area (Å²) < 4.78 is 24.8. The summed E-state index contributed by atoms with van der Waals surface area (Å²) in [6.07, 6.45) is 1.03. The molecule has 0 radical (unpaired) electrons. The molecule has 0 fully saturated rings. The third kappa shape index (κ3) is 2.77. The van der Waals surface area contributed by atoms with E-state index in [4.69, 9.17) is 9.47 Å². The monoisotopic (exact) mass is 304 g/mol. The van der Waals surface area contributed by atoms with Crippen molar-refractivity contribution in [3.8, 4) is 11.5 Å². The van der Waals surface area contributed by atoms with Gasteiger partial charge in [-0.05, 0) is 12.0 Å². The van der Waals surface area contributed by atoms with E-state index in [2.05, 4.69) is 15.9 Å². The molecule has 0 heterocycles. The van der Waals surface area contributed by atoms with Crippen molar-refractivity contribution >= 4 is 22.2 Å². The summed E-state index contributed by atoms with van der Waals surface area (Å²) in [6, 6.07) is 1.64. The first-order valence-corrected chi connectivity index (χ1v) is 5.89. The fourth-order valence-corrected chi connectivity index (χ4v) is 2.42. The topological polar surface area (TPSA) is 35.5 Å². The van der Waals surface area contributed by atoms with Crippen LogP contribution in [-0.4, -0.2) is 20.5 Å². The van der Waals surface area contributed by atoms with Crippen molar-refractivity contribution in [2.45, 2.75) is 19.3 Å². The summed E-state index contributed by atoms with van der Waals surface area (Å²) in [5, 5.41) is 0. The van der Waals surface area contributed by atoms with Crippen LogP contribution < -0.4 is 9.47 Å². The van der Waals surface area contributed by atoms with Gasteiger partial charge in [0, 0.05) is 16.5 Å². The Bertz CT molecular complexity index is 421. The van der Waals surface area contributed by atoms with Crippen LogP contribution in [0.4, 0.5) is 4.39 Å². The highest BCUT2D eigenvalue weighted by molar-refractivity contribution is 9.10. The third-order valence-corrected chi connectivity index (χ3v) is 3.20. The van der Waals surface area contributed by atoms with Crippen molar-refractivity contribution in [2.24, 2.45) is 0 Å². The fourth-order valence-electron chi connectivity index (χ4n) is 1.65. The van der Waals surface area contributed by atoms with Crippen molar-refractivity contribution in [1.82, 2.24) is 0 Å². The molecule has 17 heavy (non-hydrogen) atoms. The number of methoxy groups -OCH3 is 2. The van der Waals surface area contributed by atoms with Crippen molar-refractivity contribution < 1.29 is 18.7 Å². The smallest absolute Gasteiger partial charge is 0.197 e. The van der Waals surface area contributed by atoms with Crippen LogP contribution in [0.5, 0.6) is 11.5 Å². The Balaban J connectivity index is 3.35. The van der Waals surface area contributed by atoms with Gasteiger partial charge >= 0.3 is 0 Å². The lowest BCUT2D eigenvalue weighted by atomic mass is 9.97. The minimum Gasteiger partial charge on any atom is -0.493 e. The summed E-state index contributed by atoms with van der Waals surface area (Å²) in [7, 11) is 2.82. The molecule has 1 atom stereocenters. The van der Waals surface area contributed by atoms with Gasteiger partial charge in [-0.3, -0.25) is 0 Å². The summed E-state index contributed by atoms with van der Waals surface area (Å²) in [4.78, 5) is 10.5. The average molecular weight is 305 g/mol. The lowest BCUT2D eigenvalue weighted by Crippen LogP contribution is -2.04. The standard InChI is InChI=1S/C12H14BrFO3/c1-7(4-5-15)10-8(13)6-9(16-2)12(17-3)11(10)14/h5-7H,4H2,1-3H3. The normalized spacial score (nSPS) is 12.1. The zero-order valence-corrected chi connectivity index (χ0v) is 11.5. The lowest BCUT2D eigenvalue weighted by Gasteiger charge is -2.17. The maximum atomic E-state index is 14.2. The van der Waals surface area contributed by atoms with Crippen LogP contribution in [0.2, 0.25) is 0 Å². The van der Waals surface area contributed by atoms with Gasteiger partial charge in [-0.1, -0.05) is 22.9 Å². The van der Waals surface area contributed by atoms with E-state index in [0.29, 0.717) is 15.8 Å². The molecule has 0 amide bonds. The second kappa shape index (κ2) is 6.00. The predicted octanol–water partition coefficient (Wildman–Crippen LogP) is 3.30. The highest BCUT2D eigenvalue weighted by atomic mass is 79.9. The molecule has 0 N–H and O–H groups in total. The predicted molar refractivity (Wildman–Crippen MR) is 66.3 cm³/mol. The SMILES string of the molecule is COc1cc(Br)c(C(C)CC=O)c(F)c1OC. The van der Waals surface area contributed by atoms with Crippen molar-refractivity contribution in [1.29, 1.82) is 0 Å². The van der Waals surface area contributed by atoms with E-state index in [-0.39, 0.29) is 18.1 Å². The second-order valence-electron chi connectivity index (χ2n) is 3.62. The minimum absolute atomic E-state index is 0.0587. The van der Waals surface area contributed by atoms with Gasteiger partial charge in [0.25, 0.3) is 0 Å². The Labute approximate surface area is 108 Å². The van der Waals surface area contributed by atoms with Crippen LogP contribution in [0.25, 0.3) is 0 Å². The number of carbonyl (C=O) groups is 1. The number of hydrogen-bond acceptors (Lipinski definition) is 3. The molecule has 0 saturated carbocycles. The molecule has 1 aromatic carbocycles. The van der Waals surface area contributed by atoms with E-state index in [1.54, 1.807) is 13.0 Å². The van der Waals surface area contributed by atoms with Gasteiger partial charge < -0.3 is 14.3 Å². The highest BCUT2D eigenvalue weighted by Crippen LogP contribution is 2.40. The summed E-state index contributed by atoms with van der Waals surface area (Å²) in [5.74, 6) is -0.336. The molecule has 0 spiro atoms. The largest absolute Gasteiger partial charge is 0.493 e. The van der Waals surface area contributed by atoms with Crippen LogP contribution in [0.1, 0.15) is 24.8 Å². The molecule has 0 aromatic heterocycles. The molecule has 1 rings (SSSR count). The molecule has 5 heteroatoms. The van der Waals surface area contributed by atoms with Crippen LogP contribution in [0.3, 0.4) is 0 Å². The quantitative estimate of drug-likeness (QED) is 0.783. The number of carbonyl (C=O) groups excluding carboxylic acids is 1. The maximum absolute atomic E-state index is 14.2. The molecular weight excluding hydrogens is 291 g/mol. The van der Waals surface area contributed by atoms with E-state index in [9.17, 15) is 9.18 Å². The molecule has 0 aliphatic carbocycles. The van der Waals surface area contributed by atoms with Gasteiger partial charge in [0.15, 0.2) is 17.3 Å². The van der Waals surface area contributed by atoms with Gasteiger partial charge in [0.05, 0.1) is 14.2 Å². The highest BCUT2D eigenvalue weighted by Gasteiger charge is 2.22. The molecule has 1 aromatic rings. The van der Waals surface area contributed by atoms with Gasteiger partial charge in [-0.15, -0.1) is 0 Å². The van der Waals surface area contributed by atoms with Crippen molar-refractivity contribution in [3.05, 3.63) is 21.9 Å². The van der Waals surface area contributed by atoms with Gasteiger partial charge in [0.2, 0.25) is 0 Å². The zero-order valence-electron chi connectivity index (χ0n) is 9.92. The van der Waals surface area contributed by atoms with Crippen LogP contribution in [0.15, 0.2) is 10.5 Å². The van der Waals surface area contributed by atoms with Crippen molar-refractivity contribution in [3.63, 3.8) is 0 Å². The first-order chi connectivity index (χ1) is 8.06. The van der Waals surface area contributed by atoms with E-state index in [0.717, 1.165) is 6.29 Å². The molecule has 3 nitrogen and oxygen atoms in total. The van der Waals surface area contributed by atoms with Gasteiger partial charge in [0.1, 0.15) is 6.29 Å². The minimum atomic E-state index is -0.493. The molecular formula is C12H14BrFO3. The van der Waals surface area contributed by atoms with Crippen LogP contribution >= 0.6 is 15.9 Å². The summed E-state index contributed by atoms with van der Waals surface area (Å²) in [6.45, 7) is 1.78. The van der Waals surface area contributed by atoms with Gasteiger partial charge in [-0.25, -0.2) is 4.39 Å². The molecule has 1 unspecified atom stereocenters. The summed E-state index contributed by atoms with van der Waals surface area (Å²) >= 11 is 3.28. The first-order valence-electron chi connectivity index (χ1n) is 5.10. The third-order valence-electron chi connectivity index (χ3n) is 2.54. The van der Waals surface area contributed by atoms with Crippen LogP contribution in [-0.2, 0) is 4.79 Å². The first kappa shape index (κ1) is 14.0. The van der Waals surface area contributed by atoms with E-state index >= 15 is 0 Å². The zero-order chi connectivity index (χ0) is 13.0. The van der Waals surface area contributed by atoms with Crippen LogP contribution in [0, 0.1) is 5.82 Å². The Morgan fingerprint density at radius 3 is 2.59 bits per heavy atom. The molecule has 0 saturated heterocycles. The fraction of sp³-hybridized carbons (Fsp3) is 0.417. The van der Waals surface area contributed by atoms with Crippen molar-refractivity contribution in [2.75, 3.05) is 14.2 Å². The average Bonchev–Trinajstić information content (AvgIpc) is 2.28. The number of rotatable bonds is 5. The lowest BCUT2D eigenvalue weighted by molar-refractivity contribution is -0.108. The van der Waals surface area contributed by atoms with E-state index in [1.165, 1.54) is 14.2 Å². The maximum Gasteiger partial charge on any atom is 0.197 e. The van der Waals surface area contributed by atoms with Gasteiger partial charge in [-0.2, -0.15) is 0 Å². The van der Waals surface area contributed by atoms with E-state index in [1.807, 2.05) is 0 Å². The summed E-state index contributed by atoms with van der Waals surface area (Å²) in [5.41, 5.74) is 0.426. The Morgan fingerprint density at radius 2 is 2.12 bits per heavy atom. The molecule has 0 aliphatic rings. The molecule has 0 aliphatic heterocycles. The Morgan fingerprint density at radius 1 is 1.47 bits per heavy atom. The van der Waals surface area contributed by atoms with E-state index < -0.39 is 5.82 Å². The number of aldehydes is 1. The number of hydrogen-bond donors (Lipinski definition) is 0. The number of halogens is 2. The second-order valence-corrected chi connectivity index (χ2v) is 4.48. The Kier molecular flexibility index (Phi) is 4.93. The Hall–Kier alpha value is -1.10. The molecule has 94 valence electrons.